The summed E-state index contributed by atoms with van der Waals surface area (Å²) < 4.78 is 5.52. The Balaban J connectivity index is 2.27. The Bertz CT molecular complexity index is 261. The number of likely N-dealkylation sites (tertiary alicyclic amines) is 1. The largest absolute Gasteiger partial charge is 0.464 e. The van der Waals surface area contributed by atoms with Crippen molar-refractivity contribution in [2.24, 2.45) is 5.41 Å². The molecule has 3 nitrogen and oxygen atoms in total. The molecule has 1 aliphatic rings. The van der Waals surface area contributed by atoms with Crippen molar-refractivity contribution in [2.75, 3.05) is 26.2 Å². The van der Waals surface area contributed by atoms with Gasteiger partial charge in [0.05, 0.1) is 5.41 Å². The molecule has 1 heterocycles. The molecule has 0 aliphatic carbocycles. The van der Waals surface area contributed by atoms with Crippen molar-refractivity contribution in [2.45, 2.75) is 65.7 Å². The van der Waals surface area contributed by atoms with Crippen LogP contribution in [0.1, 0.15) is 65.7 Å². The molecule has 0 bridgehead atoms. The van der Waals surface area contributed by atoms with E-state index in [9.17, 15) is 4.79 Å². The second-order valence-corrected chi connectivity index (χ2v) is 6.06. The minimum absolute atomic E-state index is 0.000425. The number of hydrogen-bond donors (Lipinski definition) is 0. The smallest absolute Gasteiger partial charge is 0.311 e. The number of nitrogens with zero attached hydrogens (tertiary/aromatic N) is 1. The Hall–Kier alpha value is -0.570. The molecule has 1 fully saturated rings. The molecule has 1 aliphatic heterocycles. The number of piperidine rings is 1. The average Bonchev–Trinajstić information content (AvgIpc) is 2.45. The van der Waals surface area contributed by atoms with E-state index >= 15 is 0 Å². The Labute approximate surface area is 118 Å². The van der Waals surface area contributed by atoms with Gasteiger partial charge in [-0.25, -0.2) is 0 Å². The standard InChI is InChI=1S/C16H31NO2/c1-4-6-10-16(3,5-2)15(18)19-14-13-17-11-8-7-9-12-17/h4-14H2,1-3H3. The Morgan fingerprint density at radius 3 is 2.47 bits per heavy atom. The molecular weight excluding hydrogens is 238 g/mol. The van der Waals surface area contributed by atoms with E-state index in [0.717, 1.165) is 32.2 Å². The van der Waals surface area contributed by atoms with Gasteiger partial charge in [-0.1, -0.05) is 33.1 Å². The number of ether oxygens (including phenoxy) is 1. The summed E-state index contributed by atoms with van der Waals surface area (Å²) in [6.45, 7) is 10.1. The number of hydrogen-bond acceptors (Lipinski definition) is 3. The van der Waals surface area contributed by atoms with Gasteiger partial charge in [-0.15, -0.1) is 0 Å². The van der Waals surface area contributed by atoms with Crippen LogP contribution in [-0.2, 0) is 9.53 Å². The van der Waals surface area contributed by atoms with E-state index in [-0.39, 0.29) is 11.4 Å². The summed E-state index contributed by atoms with van der Waals surface area (Å²) in [7, 11) is 0. The summed E-state index contributed by atoms with van der Waals surface area (Å²) >= 11 is 0. The highest BCUT2D eigenvalue weighted by Gasteiger charge is 2.32. The first-order chi connectivity index (χ1) is 9.12. The number of rotatable bonds is 8. The molecule has 1 atom stereocenters. The van der Waals surface area contributed by atoms with Crippen molar-refractivity contribution in [3.63, 3.8) is 0 Å². The first kappa shape index (κ1) is 16.5. The molecule has 1 rings (SSSR count). The lowest BCUT2D eigenvalue weighted by molar-refractivity contribution is -0.156. The predicted molar refractivity (Wildman–Crippen MR) is 79.2 cm³/mol. The SMILES string of the molecule is CCCCC(C)(CC)C(=O)OCCN1CCCCC1. The van der Waals surface area contributed by atoms with Gasteiger partial charge < -0.3 is 4.74 Å². The van der Waals surface area contributed by atoms with Crippen molar-refractivity contribution in [1.82, 2.24) is 4.90 Å². The lowest BCUT2D eigenvalue weighted by Gasteiger charge is -2.28. The van der Waals surface area contributed by atoms with E-state index in [0.29, 0.717) is 6.61 Å². The molecule has 0 radical (unpaired) electrons. The van der Waals surface area contributed by atoms with Gasteiger partial charge >= 0.3 is 5.97 Å². The number of carbonyl (C=O) groups excluding carboxylic acids is 1. The summed E-state index contributed by atoms with van der Waals surface area (Å²) in [6.07, 6.45) is 7.98. The van der Waals surface area contributed by atoms with Gasteiger partial charge in [-0.3, -0.25) is 9.69 Å². The zero-order valence-electron chi connectivity index (χ0n) is 13.0. The molecule has 112 valence electrons. The molecule has 0 aromatic heterocycles. The van der Waals surface area contributed by atoms with Crippen LogP contribution < -0.4 is 0 Å². The van der Waals surface area contributed by atoms with Gasteiger partial charge in [0.2, 0.25) is 0 Å². The zero-order valence-corrected chi connectivity index (χ0v) is 13.0. The van der Waals surface area contributed by atoms with Crippen molar-refractivity contribution >= 4 is 5.97 Å². The second kappa shape index (κ2) is 8.57. The normalized spacial score (nSPS) is 19.9. The Morgan fingerprint density at radius 1 is 1.21 bits per heavy atom. The van der Waals surface area contributed by atoms with Gasteiger partial charge in [0, 0.05) is 6.54 Å². The van der Waals surface area contributed by atoms with Gasteiger partial charge in [0.1, 0.15) is 6.61 Å². The maximum atomic E-state index is 12.2. The van der Waals surface area contributed by atoms with Crippen molar-refractivity contribution < 1.29 is 9.53 Å². The van der Waals surface area contributed by atoms with E-state index in [1.54, 1.807) is 0 Å². The molecule has 1 unspecified atom stereocenters. The van der Waals surface area contributed by atoms with Crippen molar-refractivity contribution in [3.8, 4) is 0 Å². The molecule has 19 heavy (non-hydrogen) atoms. The minimum atomic E-state index is -0.280. The van der Waals surface area contributed by atoms with Gasteiger partial charge in [0.25, 0.3) is 0 Å². The highest BCUT2D eigenvalue weighted by atomic mass is 16.5. The van der Waals surface area contributed by atoms with E-state index < -0.39 is 0 Å². The van der Waals surface area contributed by atoms with Crippen LogP contribution in [0.15, 0.2) is 0 Å². The molecule has 0 spiro atoms. The van der Waals surface area contributed by atoms with E-state index in [1.807, 2.05) is 6.92 Å². The van der Waals surface area contributed by atoms with Gasteiger partial charge in [-0.2, -0.15) is 0 Å². The molecule has 1 saturated heterocycles. The fourth-order valence-corrected chi connectivity index (χ4v) is 2.61. The predicted octanol–water partition coefficient (Wildman–Crippen LogP) is 3.62. The number of unbranched alkanes of at least 4 members (excludes halogenated alkanes) is 1. The van der Waals surface area contributed by atoms with Crippen LogP contribution in [0.5, 0.6) is 0 Å². The fourth-order valence-electron chi connectivity index (χ4n) is 2.61. The summed E-state index contributed by atoms with van der Waals surface area (Å²) in [5, 5.41) is 0. The minimum Gasteiger partial charge on any atom is -0.464 e. The summed E-state index contributed by atoms with van der Waals surface area (Å²) in [5.41, 5.74) is -0.280. The molecular formula is C16H31NO2. The third kappa shape index (κ3) is 5.52. The molecule has 0 aromatic rings. The van der Waals surface area contributed by atoms with Crippen LogP contribution >= 0.6 is 0 Å². The van der Waals surface area contributed by atoms with Crippen LogP contribution in [0.4, 0.5) is 0 Å². The topological polar surface area (TPSA) is 29.5 Å². The van der Waals surface area contributed by atoms with E-state index in [2.05, 4.69) is 18.7 Å². The van der Waals surface area contributed by atoms with E-state index in [1.165, 1.54) is 32.4 Å². The molecule has 0 amide bonds. The zero-order chi connectivity index (χ0) is 14.1. The average molecular weight is 269 g/mol. The quantitative estimate of drug-likeness (QED) is 0.630. The fraction of sp³-hybridized carbons (Fsp3) is 0.938. The van der Waals surface area contributed by atoms with Crippen LogP contribution in [-0.4, -0.2) is 37.1 Å². The maximum absolute atomic E-state index is 12.2. The van der Waals surface area contributed by atoms with Crippen molar-refractivity contribution in [1.29, 1.82) is 0 Å². The lowest BCUT2D eigenvalue weighted by Crippen LogP contribution is -2.35. The number of esters is 1. The lowest BCUT2D eigenvalue weighted by atomic mass is 9.82. The summed E-state index contributed by atoms with van der Waals surface area (Å²) in [5.74, 6) is 0.000425. The first-order valence-electron chi connectivity index (χ1n) is 8.02. The van der Waals surface area contributed by atoms with Crippen LogP contribution in [0.25, 0.3) is 0 Å². The van der Waals surface area contributed by atoms with E-state index in [4.69, 9.17) is 4.74 Å². The third-order valence-electron chi connectivity index (χ3n) is 4.44. The highest BCUT2D eigenvalue weighted by Crippen LogP contribution is 2.29. The summed E-state index contributed by atoms with van der Waals surface area (Å²) in [4.78, 5) is 14.6. The Kier molecular flexibility index (Phi) is 7.44. The molecule has 3 heteroatoms. The third-order valence-corrected chi connectivity index (χ3v) is 4.44. The second-order valence-electron chi connectivity index (χ2n) is 6.06. The highest BCUT2D eigenvalue weighted by molar-refractivity contribution is 5.76. The van der Waals surface area contributed by atoms with Gasteiger partial charge in [0.15, 0.2) is 0 Å². The number of carbonyl (C=O) groups is 1. The van der Waals surface area contributed by atoms with Gasteiger partial charge in [-0.05, 0) is 45.7 Å². The maximum Gasteiger partial charge on any atom is 0.311 e. The summed E-state index contributed by atoms with van der Waals surface area (Å²) in [6, 6.07) is 0. The first-order valence-corrected chi connectivity index (χ1v) is 8.02. The molecule has 0 aromatic carbocycles. The van der Waals surface area contributed by atoms with Crippen LogP contribution in [0.2, 0.25) is 0 Å². The monoisotopic (exact) mass is 269 g/mol. The molecule has 0 N–H and O–H groups in total. The molecule has 0 saturated carbocycles. The Morgan fingerprint density at radius 2 is 1.89 bits per heavy atom. The van der Waals surface area contributed by atoms with Crippen molar-refractivity contribution in [3.05, 3.63) is 0 Å². The van der Waals surface area contributed by atoms with Crippen LogP contribution in [0.3, 0.4) is 0 Å². The van der Waals surface area contributed by atoms with Crippen LogP contribution in [0, 0.1) is 5.41 Å².